The molecule has 3 rings (SSSR count). The predicted molar refractivity (Wildman–Crippen MR) is 95.5 cm³/mol. The summed E-state index contributed by atoms with van der Waals surface area (Å²) in [5.74, 6) is 0.844. The van der Waals surface area contributed by atoms with Gasteiger partial charge in [0.25, 0.3) is 5.91 Å². The largest absolute Gasteiger partial charge is 0.486 e. The second-order valence-corrected chi connectivity index (χ2v) is 5.58. The van der Waals surface area contributed by atoms with E-state index in [1.54, 1.807) is 18.2 Å². The summed E-state index contributed by atoms with van der Waals surface area (Å²) in [7, 11) is 0. The van der Waals surface area contributed by atoms with Gasteiger partial charge in [-0.2, -0.15) is 5.26 Å². The van der Waals surface area contributed by atoms with Crippen LogP contribution in [0.1, 0.15) is 18.1 Å². The lowest BCUT2D eigenvalue weighted by molar-refractivity contribution is -0.112. The van der Waals surface area contributed by atoms with Gasteiger partial charge in [0.05, 0.1) is 0 Å². The average Bonchev–Trinajstić information content (AvgIpc) is 2.66. The zero-order valence-electron chi connectivity index (χ0n) is 13.9. The molecule has 1 N–H and O–H groups in total. The Bertz CT molecular complexity index is 848. The van der Waals surface area contributed by atoms with Crippen molar-refractivity contribution in [2.45, 2.75) is 13.3 Å². The van der Waals surface area contributed by atoms with Gasteiger partial charge >= 0.3 is 0 Å². The zero-order valence-corrected chi connectivity index (χ0v) is 13.9. The fraction of sp³-hybridized carbons (Fsp3) is 0.200. The molecule has 1 aliphatic rings. The van der Waals surface area contributed by atoms with E-state index < -0.39 is 5.91 Å². The summed E-state index contributed by atoms with van der Waals surface area (Å²) in [6.07, 6.45) is 2.47. The molecule has 1 amide bonds. The number of benzene rings is 2. The minimum atomic E-state index is -0.443. The molecule has 1 aliphatic heterocycles. The number of amides is 1. The van der Waals surface area contributed by atoms with E-state index in [2.05, 4.69) is 12.2 Å². The van der Waals surface area contributed by atoms with Crippen molar-refractivity contribution in [2.75, 3.05) is 18.5 Å². The first kappa shape index (κ1) is 16.6. The minimum absolute atomic E-state index is 0.0243. The highest BCUT2D eigenvalue weighted by atomic mass is 16.6. The molecule has 2 aromatic carbocycles. The fourth-order valence-corrected chi connectivity index (χ4v) is 2.49. The molecule has 5 heteroatoms. The quantitative estimate of drug-likeness (QED) is 0.685. The summed E-state index contributed by atoms with van der Waals surface area (Å²) in [5, 5.41) is 12.1. The Morgan fingerprint density at radius 3 is 2.56 bits per heavy atom. The first-order valence-corrected chi connectivity index (χ1v) is 8.11. The fourth-order valence-electron chi connectivity index (χ4n) is 2.49. The van der Waals surface area contributed by atoms with Crippen molar-refractivity contribution >= 4 is 17.7 Å². The van der Waals surface area contributed by atoms with Crippen LogP contribution in [-0.4, -0.2) is 19.1 Å². The molecule has 0 bridgehead atoms. The van der Waals surface area contributed by atoms with E-state index in [1.165, 1.54) is 11.6 Å². The lowest BCUT2D eigenvalue weighted by atomic mass is 10.1. The molecule has 25 heavy (non-hydrogen) atoms. The van der Waals surface area contributed by atoms with Crippen LogP contribution in [0.4, 0.5) is 5.69 Å². The minimum Gasteiger partial charge on any atom is -0.486 e. The molecular formula is C20H18N2O3. The number of carbonyl (C=O) groups excluding carboxylic acids is 1. The molecule has 126 valence electrons. The SMILES string of the molecule is CCc1ccc(NC(=O)/C(C#N)=C\c2ccc3c(c2)OCCO3)cc1. The third-order valence-corrected chi connectivity index (χ3v) is 3.86. The topological polar surface area (TPSA) is 71.4 Å². The summed E-state index contributed by atoms with van der Waals surface area (Å²) in [6, 6.07) is 14.8. The van der Waals surface area contributed by atoms with Crippen LogP contribution in [0.2, 0.25) is 0 Å². The number of ether oxygens (including phenoxy) is 2. The first-order valence-electron chi connectivity index (χ1n) is 8.11. The first-order chi connectivity index (χ1) is 12.2. The standard InChI is InChI=1S/C20H18N2O3/c1-2-14-3-6-17(7-4-14)22-20(23)16(13-21)11-15-5-8-18-19(12-15)25-10-9-24-18/h3-8,11-12H,2,9-10H2,1H3,(H,22,23)/b16-11-. The van der Waals surface area contributed by atoms with Crippen molar-refractivity contribution in [1.82, 2.24) is 0 Å². The maximum Gasteiger partial charge on any atom is 0.266 e. The van der Waals surface area contributed by atoms with Gasteiger partial charge in [-0.1, -0.05) is 25.1 Å². The number of carbonyl (C=O) groups is 1. The van der Waals surface area contributed by atoms with Crippen molar-refractivity contribution < 1.29 is 14.3 Å². The molecule has 0 aliphatic carbocycles. The van der Waals surface area contributed by atoms with Crippen molar-refractivity contribution in [3.63, 3.8) is 0 Å². The van der Waals surface area contributed by atoms with E-state index >= 15 is 0 Å². The second kappa shape index (κ2) is 7.54. The van der Waals surface area contributed by atoms with Crippen LogP contribution < -0.4 is 14.8 Å². The number of nitrogens with one attached hydrogen (secondary N) is 1. The number of nitriles is 1. The highest BCUT2D eigenvalue weighted by Gasteiger charge is 2.13. The Kier molecular flexibility index (Phi) is 5.00. The van der Waals surface area contributed by atoms with Crippen LogP contribution in [-0.2, 0) is 11.2 Å². The lowest BCUT2D eigenvalue weighted by Crippen LogP contribution is -2.15. The van der Waals surface area contributed by atoms with Crippen molar-refractivity contribution in [3.8, 4) is 17.6 Å². The van der Waals surface area contributed by atoms with Gasteiger partial charge in [0.1, 0.15) is 24.9 Å². The Balaban J connectivity index is 1.77. The van der Waals surface area contributed by atoms with Gasteiger partial charge in [-0.15, -0.1) is 0 Å². The molecular weight excluding hydrogens is 316 g/mol. The number of hydrogen-bond donors (Lipinski definition) is 1. The number of rotatable bonds is 4. The Morgan fingerprint density at radius 2 is 1.88 bits per heavy atom. The Morgan fingerprint density at radius 1 is 1.16 bits per heavy atom. The molecule has 0 unspecified atom stereocenters. The summed E-state index contributed by atoms with van der Waals surface area (Å²) >= 11 is 0. The van der Waals surface area contributed by atoms with E-state index in [0.717, 1.165) is 6.42 Å². The maximum absolute atomic E-state index is 12.3. The summed E-state index contributed by atoms with van der Waals surface area (Å²) in [4.78, 5) is 12.3. The van der Waals surface area contributed by atoms with Gasteiger partial charge in [0.2, 0.25) is 0 Å². The predicted octanol–water partition coefficient (Wildman–Crippen LogP) is 3.57. The molecule has 0 fully saturated rings. The summed E-state index contributed by atoms with van der Waals surface area (Å²) in [5.41, 5.74) is 2.57. The number of hydrogen-bond acceptors (Lipinski definition) is 4. The summed E-state index contributed by atoms with van der Waals surface area (Å²) < 4.78 is 11.0. The van der Waals surface area contributed by atoms with E-state index in [4.69, 9.17) is 9.47 Å². The van der Waals surface area contributed by atoms with Crippen LogP contribution in [0, 0.1) is 11.3 Å². The molecule has 0 spiro atoms. The molecule has 0 saturated carbocycles. The van der Waals surface area contributed by atoms with Gasteiger partial charge < -0.3 is 14.8 Å². The van der Waals surface area contributed by atoms with Crippen LogP contribution >= 0.6 is 0 Å². The van der Waals surface area contributed by atoms with Crippen LogP contribution in [0.15, 0.2) is 48.0 Å². The number of anilines is 1. The highest BCUT2D eigenvalue weighted by molar-refractivity contribution is 6.09. The molecule has 0 saturated heterocycles. The number of fused-ring (bicyclic) bond motifs is 1. The average molecular weight is 334 g/mol. The van der Waals surface area contributed by atoms with Gasteiger partial charge in [-0.3, -0.25) is 4.79 Å². The van der Waals surface area contributed by atoms with Crippen LogP contribution in [0.25, 0.3) is 6.08 Å². The maximum atomic E-state index is 12.3. The monoisotopic (exact) mass is 334 g/mol. The Hall–Kier alpha value is -3.26. The number of nitrogens with zero attached hydrogens (tertiary/aromatic N) is 1. The van der Waals surface area contributed by atoms with Crippen LogP contribution in [0.3, 0.4) is 0 Å². The normalized spacial score (nSPS) is 13.0. The van der Waals surface area contributed by atoms with Gasteiger partial charge in [-0.25, -0.2) is 0 Å². The van der Waals surface area contributed by atoms with E-state index in [1.807, 2.05) is 30.3 Å². The van der Waals surface area contributed by atoms with Crippen molar-refractivity contribution in [2.24, 2.45) is 0 Å². The molecule has 5 nitrogen and oxygen atoms in total. The van der Waals surface area contributed by atoms with Crippen molar-refractivity contribution in [3.05, 3.63) is 59.2 Å². The summed E-state index contributed by atoms with van der Waals surface area (Å²) in [6.45, 7) is 3.07. The van der Waals surface area contributed by atoms with E-state index in [9.17, 15) is 10.1 Å². The van der Waals surface area contributed by atoms with Crippen LogP contribution in [0.5, 0.6) is 11.5 Å². The smallest absolute Gasteiger partial charge is 0.266 e. The van der Waals surface area contributed by atoms with E-state index in [0.29, 0.717) is 36.0 Å². The Labute approximate surface area is 146 Å². The highest BCUT2D eigenvalue weighted by Crippen LogP contribution is 2.31. The molecule has 0 atom stereocenters. The van der Waals surface area contributed by atoms with Gasteiger partial charge in [0.15, 0.2) is 11.5 Å². The lowest BCUT2D eigenvalue weighted by Gasteiger charge is -2.18. The molecule has 0 aromatic heterocycles. The van der Waals surface area contributed by atoms with E-state index in [-0.39, 0.29) is 5.57 Å². The molecule has 1 heterocycles. The van der Waals surface area contributed by atoms with Gasteiger partial charge in [0, 0.05) is 5.69 Å². The third kappa shape index (κ3) is 3.99. The third-order valence-electron chi connectivity index (χ3n) is 3.86. The second-order valence-electron chi connectivity index (χ2n) is 5.58. The zero-order chi connectivity index (χ0) is 17.6. The number of aryl methyl sites for hydroxylation is 1. The van der Waals surface area contributed by atoms with Gasteiger partial charge in [-0.05, 0) is 47.9 Å². The van der Waals surface area contributed by atoms with Crippen molar-refractivity contribution in [1.29, 1.82) is 5.26 Å². The molecule has 2 aromatic rings. The molecule has 0 radical (unpaired) electrons.